The van der Waals surface area contributed by atoms with Gasteiger partial charge in [-0.15, -0.1) is 0 Å². The molecule has 1 aromatic carbocycles. The predicted molar refractivity (Wildman–Crippen MR) is 85.4 cm³/mol. The highest BCUT2D eigenvalue weighted by atomic mass is 16.1. The molecular weight excluding hydrogens is 262 g/mol. The van der Waals surface area contributed by atoms with Crippen LogP contribution in [0, 0.1) is 5.92 Å². The van der Waals surface area contributed by atoms with Gasteiger partial charge in [0, 0.05) is 19.1 Å². The van der Waals surface area contributed by atoms with Crippen LogP contribution >= 0.6 is 0 Å². The molecule has 0 saturated heterocycles. The van der Waals surface area contributed by atoms with Gasteiger partial charge in [-0.3, -0.25) is 9.36 Å². The summed E-state index contributed by atoms with van der Waals surface area (Å²) in [6, 6.07) is 8.12. The summed E-state index contributed by atoms with van der Waals surface area (Å²) >= 11 is 0. The first kappa shape index (κ1) is 14.3. The lowest BCUT2D eigenvalue weighted by Gasteiger charge is -2.29. The Labute approximate surface area is 125 Å². The largest absolute Gasteiger partial charge is 0.312 e. The number of nitrogens with one attached hydrogen (secondary N) is 1. The molecule has 1 aromatic heterocycles. The Morgan fingerprint density at radius 3 is 2.95 bits per heavy atom. The van der Waals surface area contributed by atoms with Gasteiger partial charge in [-0.05, 0) is 30.9 Å². The van der Waals surface area contributed by atoms with Crippen molar-refractivity contribution in [2.24, 2.45) is 5.92 Å². The maximum Gasteiger partial charge on any atom is 0.261 e. The molecule has 112 valence electrons. The van der Waals surface area contributed by atoms with Crippen molar-refractivity contribution in [1.29, 1.82) is 0 Å². The van der Waals surface area contributed by atoms with Crippen LogP contribution in [-0.4, -0.2) is 22.1 Å². The fourth-order valence-corrected chi connectivity index (χ4v) is 3.26. The van der Waals surface area contributed by atoms with Crippen LogP contribution in [0.1, 0.15) is 32.6 Å². The summed E-state index contributed by atoms with van der Waals surface area (Å²) in [4.78, 5) is 16.7. The number of nitrogens with zero attached hydrogens (tertiary/aromatic N) is 2. The summed E-state index contributed by atoms with van der Waals surface area (Å²) in [6.07, 6.45) is 6.91. The fourth-order valence-electron chi connectivity index (χ4n) is 3.26. The lowest BCUT2D eigenvalue weighted by Crippen LogP contribution is -2.39. The SMILES string of the molecule is CC1CCCCC1NCCn1cnc2ccccc2c1=O. The lowest BCUT2D eigenvalue weighted by atomic mass is 9.86. The van der Waals surface area contributed by atoms with Gasteiger partial charge < -0.3 is 5.32 Å². The molecule has 1 fully saturated rings. The molecule has 2 atom stereocenters. The molecule has 1 aliphatic rings. The highest BCUT2D eigenvalue weighted by Gasteiger charge is 2.20. The Kier molecular flexibility index (Phi) is 4.34. The molecule has 1 aliphatic carbocycles. The second kappa shape index (κ2) is 6.39. The van der Waals surface area contributed by atoms with Crippen molar-refractivity contribution in [1.82, 2.24) is 14.9 Å². The zero-order valence-corrected chi connectivity index (χ0v) is 12.6. The van der Waals surface area contributed by atoms with E-state index in [1.807, 2.05) is 24.3 Å². The fraction of sp³-hybridized carbons (Fsp3) is 0.529. The number of hydrogen-bond acceptors (Lipinski definition) is 3. The molecule has 2 unspecified atom stereocenters. The van der Waals surface area contributed by atoms with Gasteiger partial charge in [0.1, 0.15) is 0 Å². The highest BCUT2D eigenvalue weighted by molar-refractivity contribution is 5.76. The first-order chi connectivity index (χ1) is 10.3. The topological polar surface area (TPSA) is 46.9 Å². The molecule has 2 aromatic rings. The molecule has 0 aliphatic heterocycles. The average molecular weight is 285 g/mol. The van der Waals surface area contributed by atoms with Crippen LogP contribution in [0.4, 0.5) is 0 Å². The molecule has 21 heavy (non-hydrogen) atoms. The van der Waals surface area contributed by atoms with Gasteiger partial charge in [0.05, 0.1) is 17.2 Å². The van der Waals surface area contributed by atoms with E-state index in [0.29, 0.717) is 18.0 Å². The van der Waals surface area contributed by atoms with Crippen molar-refractivity contribution in [2.45, 2.75) is 45.2 Å². The second-order valence-corrected chi connectivity index (χ2v) is 6.08. The van der Waals surface area contributed by atoms with E-state index >= 15 is 0 Å². The van der Waals surface area contributed by atoms with Crippen LogP contribution in [0.2, 0.25) is 0 Å². The van der Waals surface area contributed by atoms with Gasteiger partial charge in [-0.1, -0.05) is 31.9 Å². The Balaban J connectivity index is 1.65. The number of benzene rings is 1. The highest BCUT2D eigenvalue weighted by Crippen LogP contribution is 2.23. The van der Waals surface area contributed by atoms with Gasteiger partial charge in [-0.2, -0.15) is 0 Å². The van der Waals surface area contributed by atoms with Crippen molar-refractivity contribution >= 4 is 10.9 Å². The van der Waals surface area contributed by atoms with Crippen LogP contribution < -0.4 is 10.9 Å². The van der Waals surface area contributed by atoms with Gasteiger partial charge in [0.25, 0.3) is 5.56 Å². The molecule has 0 amide bonds. The van der Waals surface area contributed by atoms with Crippen LogP contribution in [0.5, 0.6) is 0 Å². The summed E-state index contributed by atoms with van der Waals surface area (Å²) in [5.41, 5.74) is 0.826. The molecule has 1 N–H and O–H groups in total. The number of para-hydroxylation sites is 1. The van der Waals surface area contributed by atoms with Crippen molar-refractivity contribution in [3.05, 3.63) is 40.9 Å². The molecule has 4 nitrogen and oxygen atoms in total. The van der Waals surface area contributed by atoms with Gasteiger partial charge in [-0.25, -0.2) is 4.98 Å². The van der Waals surface area contributed by atoms with Crippen LogP contribution in [0.15, 0.2) is 35.4 Å². The third-order valence-corrected chi connectivity index (χ3v) is 4.60. The molecule has 0 radical (unpaired) electrons. The first-order valence-electron chi connectivity index (χ1n) is 7.93. The molecular formula is C17H23N3O. The summed E-state index contributed by atoms with van der Waals surface area (Å²) in [5.74, 6) is 0.741. The maximum absolute atomic E-state index is 12.4. The monoisotopic (exact) mass is 285 g/mol. The standard InChI is InChI=1S/C17H23N3O/c1-13-6-2-4-8-15(13)18-10-11-20-12-19-16-9-5-3-7-14(16)17(20)21/h3,5,7,9,12-13,15,18H,2,4,6,8,10-11H2,1H3. The Morgan fingerprint density at radius 1 is 1.29 bits per heavy atom. The van der Waals surface area contributed by atoms with Crippen molar-refractivity contribution in [3.63, 3.8) is 0 Å². The van der Waals surface area contributed by atoms with E-state index in [9.17, 15) is 4.79 Å². The van der Waals surface area contributed by atoms with Crippen molar-refractivity contribution in [3.8, 4) is 0 Å². The Morgan fingerprint density at radius 2 is 2.10 bits per heavy atom. The minimum absolute atomic E-state index is 0.0547. The summed E-state index contributed by atoms with van der Waals surface area (Å²) in [6.45, 7) is 3.83. The predicted octanol–water partition coefficient (Wildman–Crippen LogP) is 2.56. The van der Waals surface area contributed by atoms with E-state index in [4.69, 9.17) is 0 Å². The molecule has 1 heterocycles. The maximum atomic E-state index is 12.4. The quantitative estimate of drug-likeness (QED) is 0.939. The molecule has 3 rings (SSSR count). The van der Waals surface area contributed by atoms with E-state index in [1.54, 1.807) is 10.9 Å². The van der Waals surface area contributed by atoms with E-state index in [2.05, 4.69) is 17.2 Å². The second-order valence-electron chi connectivity index (χ2n) is 6.08. The van der Waals surface area contributed by atoms with Crippen molar-refractivity contribution in [2.75, 3.05) is 6.54 Å². The Bertz CT molecular complexity index is 664. The van der Waals surface area contributed by atoms with E-state index in [-0.39, 0.29) is 5.56 Å². The average Bonchev–Trinajstić information content (AvgIpc) is 2.52. The van der Waals surface area contributed by atoms with E-state index in [0.717, 1.165) is 18.0 Å². The number of aromatic nitrogens is 2. The van der Waals surface area contributed by atoms with Gasteiger partial charge >= 0.3 is 0 Å². The van der Waals surface area contributed by atoms with Gasteiger partial charge in [0.15, 0.2) is 0 Å². The molecule has 4 heteroatoms. The summed E-state index contributed by atoms with van der Waals surface area (Å²) in [5, 5.41) is 4.31. The number of hydrogen-bond donors (Lipinski definition) is 1. The molecule has 0 bridgehead atoms. The van der Waals surface area contributed by atoms with E-state index in [1.165, 1.54) is 25.7 Å². The molecule has 0 spiro atoms. The zero-order chi connectivity index (χ0) is 14.7. The third-order valence-electron chi connectivity index (χ3n) is 4.60. The lowest BCUT2D eigenvalue weighted by molar-refractivity contribution is 0.278. The van der Waals surface area contributed by atoms with E-state index < -0.39 is 0 Å². The van der Waals surface area contributed by atoms with Crippen LogP contribution in [0.3, 0.4) is 0 Å². The normalized spacial score (nSPS) is 22.5. The van der Waals surface area contributed by atoms with Gasteiger partial charge in [0.2, 0.25) is 0 Å². The van der Waals surface area contributed by atoms with Crippen molar-refractivity contribution < 1.29 is 0 Å². The summed E-state index contributed by atoms with van der Waals surface area (Å²) in [7, 11) is 0. The minimum Gasteiger partial charge on any atom is -0.312 e. The summed E-state index contributed by atoms with van der Waals surface area (Å²) < 4.78 is 1.71. The van der Waals surface area contributed by atoms with Crippen LogP contribution in [0.25, 0.3) is 10.9 Å². The van der Waals surface area contributed by atoms with Crippen LogP contribution in [-0.2, 0) is 6.54 Å². The third kappa shape index (κ3) is 3.16. The molecule has 1 saturated carbocycles. The smallest absolute Gasteiger partial charge is 0.261 e. The first-order valence-corrected chi connectivity index (χ1v) is 7.93. The Hall–Kier alpha value is -1.68. The zero-order valence-electron chi connectivity index (χ0n) is 12.6. The number of rotatable bonds is 4. The minimum atomic E-state index is 0.0547. The number of fused-ring (bicyclic) bond motifs is 1.